The monoisotopic (exact) mass is 415 g/mol. The highest BCUT2D eigenvalue weighted by molar-refractivity contribution is 8.00. The number of carbonyl (C=O) groups excluding carboxylic acids is 2. The molecule has 1 fully saturated rings. The Hall–Kier alpha value is -1.39. The van der Waals surface area contributed by atoms with Gasteiger partial charge in [0.25, 0.3) is 0 Å². The quantitative estimate of drug-likeness (QED) is 0.520. The molecule has 10 heteroatoms. The lowest BCUT2D eigenvalue weighted by Crippen LogP contribution is -2.44. The summed E-state index contributed by atoms with van der Waals surface area (Å²) in [6.45, 7) is 8.60. The van der Waals surface area contributed by atoms with Crippen LogP contribution in [0.4, 0.5) is 4.79 Å². The van der Waals surface area contributed by atoms with Crippen molar-refractivity contribution < 1.29 is 14.3 Å². The maximum absolute atomic E-state index is 12.4. The van der Waals surface area contributed by atoms with E-state index in [2.05, 4.69) is 25.7 Å². The Balaban J connectivity index is 1.69. The molecule has 0 spiro atoms. The molecule has 2 heterocycles. The van der Waals surface area contributed by atoms with Gasteiger partial charge in [-0.2, -0.15) is 0 Å². The smallest absolute Gasteiger partial charge is 0.407 e. The molecule has 1 aromatic rings. The van der Waals surface area contributed by atoms with Crippen LogP contribution in [0.2, 0.25) is 0 Å². The second-order valence-electron chi connectivity index (χ2n) is 7.46. The van der Waals surface area contributed by atoms with E-state index in [1.807, 2.05) is 27.0 Å². The standard InChI is InChI=1S/C17H29N5O3S2/c1-17(2,3)25-15(24)19-8-7-18-14(23)12-6-5-9-22(10-12)11-13-20-21-16(26-4)27-13/h12H,5-11H2,1-4H3,(H,18,23)(H,19,24). The lowest BCUT2D eigenvalue weighted by molar-refractivity contribution is -0.126. The third kappa shape index (κ3) is 8.02. The second-order valence-corrected chi connectivity index (χ2v) is 9.58. The third-order valence-corrected chi connectivity index (χ3v) is 5.83. The molecule has 0 aliphatic carbocycles. The van der Waals surface area contributed by atoms with Crippen LogP contribution in [0.5, 0.6) is 0 Å². The van der Waals surface area contributed by atoms with Crippen LogP contribution in [0.3, 0.4) is 0 Å². The number of alkyl carbamates (subject to hydrolysis) is 1. The third-order valence-electron chi connectivity index (χ3n) is 3.95. The molecular weight excluding hydrogens is 386 g/mol. The van der Waals surface area contributed by atoms with Gasteiger partial charge in [-0.1, -0.05) is 23.1 Å². The summed E-state index contributed by atoms with van der Waals surface area (Å²) in [7, 11) is 0. The van der Waals surface area contributed by atoms with Crippen LogP contribution in [-0.4, -0.2) is 65.1 Å². The van der Waals surface area contributed by atoms with E-state index in [4.69, 9.17) is 4.74 Å². The molecule has 2 rings (SSSR count). The molecule has 27 heavy (non-hydrogen) atoms. The Morgan fingerprint density at radius 1 is 1.30 bits per heavy atom. The zero-order valence-electron chi connectivity index (χ0n) is 16.4. The number of ether oxygens (including phenoxy) is 1. The molecule has 152 valence electrons. The van der Waals surface area contributed by atoms with Gasteiger partial charge in [0.05, 0.1) is 12.5 Å². The Bertz CT molecular complexity index is 632. The summed E-state index contributed by atoms with van der Waals surface area (Å²) in [5.74, 6) is 0.000902. The molecule has 0 radical (unpaired) electrons. The molecular formula is C17H29N5O3S2. The summed E-state index contributed by atoms with van der Waals surface area (Å²) in [6.07, 6.45) is 3.39. The normalized spacial score (nSPS) is 18.1. The lowest BCUT2D eigenvalue weighted by atomic mass is 9.97. The van der Waals surface area contributed by atoms with Crippen LogP contribution >= 0.6 is 23.1 Å². The van der Waals surface area contributed by atoms with Crippen molar-refractivity contribution in [2.45, 2.75) is 50.1 Å². The van der Waals surface area contributed by atoms with Gasteiger partial charge in [0, 0.05) is 19.6 Å². The number of carbonyl (C=O) groups is 2. The molecule has 1 saturated heterocycles. The van der Waals surface area contributed by atoms with Crippen LogP contribution in [-0.2, 0) is 16.1 Å². The Labute approximate surface area is 168 Å². The Kier molecular flexibility index (Phi) is 8.30. The molecule has 0 saturated carbocycles. The maximum atomic E-state index is 12.4. The van der Waals surface area contributed by atoms with Crippen LogP contribution in [0.1, 0.15) is 38.6 Å². The van der Waals surface area contributed by atoms with Crippen molar-refractivity contribution in [1.29, 1.82) is 0 Å². The molecule has 2 N–H and O–H groups in total. The zero-order valence-corrected chi connectivity index (χ0v) is 18.0. The van der Waals surface area contributed by atoms with E-state index in [1.54, 1.807) is 23.1 Å². The van der Waals surface area contributed by atoms with E-state index in [9.17, 15) is 9.59 Å². The molecule has 1 unspecified atom stereocenters. The summed E-state index contributed by atoms with van der Waals surface area (Å²) in [4.78, 5) is 26.3. The van der Waals surface area contributed by atoms with E-state index in [0.717, 1.165) is 41.8 Å². The van der Waals surface area contributed by atoms with Gasteiger partial charge < -0.3 is 15.4 Å². The predicted molar refractivity (Wildman–Crippen MR) is 107 cm³/mol. The Morgan fingerprint density at radius 2 is 2.04 bits per heavy atom. The fourth-order valence-corrected chi connectivity index (χ4v) is 4.15. The topological polar surface area (TPSA) is 96.5 Å². The maximum Gasteiger partial charge on any atom is 0.407 e. The van der Waals surface area contributed by atoms with Gasteiger partial charge in [0.15, 0.2) is 4.34 Å². The summed E-state index contributed by atoms with van der Waals surface area (Å²) < 4.78 is 6.13. The number of nitrogens with zero attached hydrogens (tertiary/aromatic N) is 3. The van der Waals surface area contributed by atoms with Crippen molar-refractivity contribution >= 4 is 35.1 Å². The first-order valence-electron chi connectivity index (χ1n) is 9.10. The van der Waals surface area contributed by atoms with Crippen molar-refractivity contribution in [1.82, 2.24) is 25.7 Å². The van der Waals surface area contributed by atoms with Gasteiger partial charge in [-0.25, -0.2) is 4.79 Å². The van der Waals surface area contributed by atoms with Gasteiger partial charge >= 0.3 is 6.09 Å². The van der Waals surface area contributed by atoms with Crippen LogP contribution in [0.15, 0.2) is 4.34 Å². The summed E-state index contributed by atoms with van der Waals surface area (Å²) in [6, 6.07) is 0. The average Bonchev–Trinajstić information content (AvgIpc) is 3.05. The second kappa shape index (κ2) is 10.2. The van der Waals surface area contributed by atoms with Crippen molar-refractivity contribution in [2.75, 3.05) is 32.4 Å². The molecule has 0 bridgehead atoms. The van der Waals surface area contributed by atoms with Crippen molar-refractivity contribution in [3.8, 4) is 0 Å². The summed E-state index contributed by atoms with van der Waals surface area (Å²) in [5, 5.41) is 14.9. The van der Waals surface area contributed by atoms with E-state index >= 15 is 0 Å². The minimum atomic E-state index is -0.525. The first kappa shape index (κ1) is 21.9. The number of piperidine rings is 1. The lowest BCUT2D eigenvalue weighted by Gasteiger charge is -2.31. The number of hydrogen-bond acceptors (Lipinski definition) is 8. The van der Waals surface area contributed by atoms with Gasteiger partial charge in [-0.3, -0.25) is 9.69 Å². The van der Waals surface area contributed by atoms with E-state index in [1.165, 1.54) is 0 Å². The number of amides is 2. The minimum Gasteiger partial charge on any atom is -0.444 e. The van der Waals surface area contributed by atoms with Crippen molar-refractivity contribution in [3.63, 3.8) is 0 Å². The summed E-state index contributed by atoms with van der Waals surface area (Å²) in [5.41, 5.74) is -0.525. The Morgan fingerprint density at radius 3 is 2.70 bits per heavy atom. The fraction of sp³-hybridized carbons (Fsp3) is 0.765. The zero-order chi connectivity index (χ0) is 19.9. The van der Waals surface area contributed by atoms with E-state index in [0.29, 0.717) is 13.1 Å². The SMILES string of the molecule is CSc1nnc(CN2CCCC(C(=O)NCCNC(=O)OC(C)(C)C)C2)s1. The number of hydrogen-bond donors (Lipinski definition) is 2. The number of rotatable bonds is 7. The molecule has 1 aromatic heterocycles. The average molecular weight is 416 g/mol. The van der Waals surface area contributed by atoms with Crippen LogP contribution in [0.25, 0.3) is 0 Å². The summed E-state index contributed by atoms with van der Waals surface area (Å²) >= 11 is 3.20. The molecule has 1 atom stereocenters. The number of thioether (sulfide) groups is 1. The molecule has 0 aromatic carbocycles. The first-order valence-corrected chi connectivity index (χ1v) is 11.1. The largest absolute Gasteiger partial charge is 0.444 e. The highest BCUT2D eigenvalue weighted by atomic mass is 32.2. The molecule has 8 nitrogen and oxygen atoms in total. The van der Waals surface area contributed by atoms with Crippen LogP contribution in [0, 0.1) is 5.92 Å². The van der Waals surface area contributed by atoms with Crippen molar-refractivity contribution in [3.05, 3.63) is 5.01 Å². The number of aromatic nitrogens is 2. The van der Waals surface area contributed by atoms with Crippen LogP contribution < -0.4 is 10.6 Å². The molecule has 1 aliphatic rings. The van der Waals surface area contributed by atoms with Gasteiger partial charge in [-0.05, 0) is 46.4 Å². The molecule has 2 amide bonds. The van der Waals surface area contributed by atoms with Crippen molar-refractivity contribution in [2.24, 2.45) is 5.92 Å². The van der Waals surface area contributed by atoms with E-state index in [-0.39, 0.29) is 11.8 Å². The van der Waals surface area contributed by atoms with Gasteiger partial charge in [-0.15, -0.1) is 10.2 Å². The predicted octanol–water partition coefficient (Wildman–Crippen LogP) is 2.11. The highest BCUT2D eigenvalue weighted by Crippen LogP contribution is 2.23. The first-order chi connectivity index (χ1) is 12.8. The minimum absolute atomic E-state index is 0.0341. The molecule has 1 aliphatic heterocycles. The van der Waals surface area contributed by atoms with Gasteiger partial charge in [0.1, 0.15) is 10.6 Å². The number of nitrogens with one attached hydrogen (secondary N) is 2. The van der Waals surface area contributed by atoms with Gasteiger partial charge in [0.2, 0.25) is 5.91 Å². The van der Waals surface area contributed by atoms with E-state index < -0.39 is 11.7 Å². The number of likely N-dealkylation sites (tertiary alicyclic amines) is 1. The highest BCUT2D eigenvalue weighted by Gasteiger charge is 2.26. The fourth-order valence-electron chi connectivity index (χ4n) is 2.80.